The Hall–Kier alpha value is -2.36. The fourth-order valence-corrected chi connectivity index (χ4v) is 2.67. The molecule has 0 saturated heterocycles. The van der Waals surface area contributed by atoms with Gasteiger partial charge in [0.15, 0.2) is 0 Å². The molecular formula is C17H20N4. The Morgan fingerprint density at radius 3 is 2.71 bits per heavy atom. The van der Waals surface area contributed by atoms with Crippen LogP contribution in [0.1, 0.15) is 29.6 Å². The number of pyridine rings is 1. The molecule has 0 aliphatic rings. The lowest BCUT2D eigenvalue weighted by molar-refractivity contribution is 0.732. The van der Waals surface area contributed by atoms with Crippen molar-refractivity contribution in [1.82, 2.24) is 14.5 Å². The number of benzene rings is 1. The third-order valence-corrected chi connectivity index (χ3v) is 4.03. The number of hydrogen-bond donors (Lipinski definition) is 1. The van der Waals surface area contributed by atoms with Crippen molar-refractivity contribution in [1.29, 1.82) is 0 Å². The maximum Gasteiger partial charge on any atom is 0.109 e. The van der Waals surface area contributed by atoms with E-state index in [0.29, 0.717) is 6.54 Å². The van der Waals surface area contributed by atoms with E-state index in [0.717, 1.165) is 45.8 Å². The Bertz CT molecular complexity index is 802. The number of aromatic nitrogens is 3. The van der Waals surface area contributed by atoms with Gasteiger partial charge in [-0.1, -0.05) is 19.1 Å². The Morgan fingerprint density at radius 1 is 1.19 bits per heavy atom. The standard InChI is InChI=1S/C17H20N4/c1-4-16-20-13-7-5-6-8-15(13)21(16)10-14-12(3)17(18)11(2)9-19-14/h5-9H,4,10H2,1-3H3,(H2,18,19). The summed E-state index contributed by atoms with van der Waals surface area (Å²) in [6.45, 7) is 6.86. The summed E-state index contributed by atoms with van der Waals surface area (Å²) in [4.78, 5) is 9.27. The molecule has 0 aliphatic carbocycles. The van der Waals surface area contributed by atoms with Gasteiger partial charge >= 0.3 is 0 Å². The van der Waals surface area contributed by atoms with Crippen molar-refractivity contribution < 1.29 is 0 Å². The summed E-state index contributed by atoms with van der Waals surface area (Å²) < 4.78 is 2.24. The molecule has 4 nitrogen and oxygen atoms in total. The number of anilines is 1. The molecule has 0 radical (unpaired) electrons. The second kappa shape index (κ2) is 5.20. The third kappa shape index (κ3) is 2.27. The van der Waals surface area contributed by atoms with Crippen LogP contribution in [0, 0.1) is 13.8 Å². The normalized spacial score (nSPS) is 11.2. The van der Waals surface area contributed by atoms with Crippen LogP contribution < -0.4 is 5.73 Å². The minimum absolute atomic E-state index is 0.708. The van der Waals surface area contributed by atoms with Gasteiger partial charge in [0, 0.05) is 18.3 Å². The van der Waals surface area contributed by atoms with Crippen molar-refractivity contribution in [2.45, 2.75) is 33.7 Å². The van der Waals surface area contributed by atoms with E-state index in [1.165, 1.54) is 0 Å². The molecule has 2 aromatic heterocycles. The monoisotopic (exact) mass is 280 g/mol. The van der Waals surface area contributed by atoms with E-state index < -0.39 is 0 Å². The van der Waals surface area contributed by atoms with Gasteiger partial charge in [0.05, 0.1) is 23.3 Å². The molecule has 2 N–H and O–H groups in total. The highest BCUT2D eigenvalue weighted by Crippen LogP contribution is 2.22. The number of imidazole rings is 1. The summed E-state index contributed by atoms with van der Waals surface area (Å²) in [5.74, 6) is 1.08. The van der Waals surface area contributed by atoms with Crippen LogP contribution in [0.25, 0.3) is 11.0 Å². The lowest BCUT2D eigenvalue weighted by Crippen LogP contribution is -2.09. The molecule has 3 rings (SSSR count). The molecule has 0 atom stereocenters. The first-order valence-corrected chi connectivity index (χ1v) is 7.26. The molecule has 0 amide bonds. The van der Waals surface area contributed by atoms with Crippen LogP contribution >= 0.6 is 0 Å². The average Bonchev–Trinajstić information content (AvgIpc) is 2.86. The fraction of sp³-hybridized carbons (Fsp3) is 0.294. The van der Waals surface area contributed by atoms with Crippen LogP contribution in [-0.2, 0) is 13.0 Å². The first-order chi connectivity index (χ1) is 10.1. The number of nitrogen functional groups attached to an aromatic ring is 1. The van der Waals surface area contributed by atoms with E-state index in [-0.39, 0.29) is 0 Å². The zero-order chi connectivity index (χ0) is 15.0. The topological polar surface area (TPSA) is 56.7 Å². The number of aryl methyl sites for hydroxylation is 2. The van der Waals surface area contributed by atoms with Gasteiger partial charge in [0.25, 0.3) is 0 Å². The van der Waals surface area contributed by atoms with Gasteiger partial charge in [0.1, 0.15) is 5.82 Å². The molecule has 2 heterocycles. The Kier molecular flexibility index (Phi) is 3.37. The van der Waals surface area contributed by atoms with Crippen LogP contribution in [0.3, 0.4) is 0 Å². The van der Waals surface area contributed by atoms with Crippen LogP contribution in [0.15, 0.2) is 30.5 Å². The van der Waals surface area contributed by atoms with E-state index in [1.807, 2.05) is 32.2 Å². The fourth-order valence-electron chi connectivity index (χ4n) is 2.67. The molecule has 0 fully saturated rings. The maximum absolute atomic E-state index is 6.13. The SMILES string of the molecule is CCc1nc2ccccc2n1Cc1ncc(C)c(N)c1C. The van der Waals surface area contributed by atoms with Crippen molar-refractivity contribution >= 4 is 16.7 Å². The van der Waals surface area contributed by atoms with Crippen molar-refractivity contribution in [3.05, 3.63) is 53.1 Å². The van der Waals surface area contributed by atoms with Crippen molar-refractivity contribution in [3.8, 4) is 0 Å². The third-order valence-electron chi connectivity index (χ3n) is 4.03. The lowest BCUT2D eigenvalue weighted by atomic mass is 10.1. The predicted octanol–water partition coefficient (Wildman–Crippen LogP) is 3.24. The number of hydrogen-bond acceptors (Lipinski definition) is 3. The Balaban J connectivity index is 2.12. The number of nitrogens with two attached hydrogens (primary N) is 1. The zero-order valence-corrected chi connectivity index (χ0v) is 12.7. The first-order valence-electron chi connectivity index (χ1n) is 7.26. The molecule has 108 valence electrons. The molecule has 0 saturated carbocycles. The number of nitrogens with zero attached hydrogens (tertiary/aromatic N) is 3. The number of fused-ring (bicyclic) bond motifs is 1. The molecule has 21 heavy (non-hydrogen) atoms. The Labute approximate surface area is 124 Å². The summed E-state index contributed by atoms with van der Waals surface area (Å²) >= 11 is 0. The van der Waals surface area contributed by atoms with E-state index in [1.54, 1.807) is 0 Å². The van der Waals surface area contributed by atoms with E-state index >= 15 is 0 Å². The van der Waals surface area contributed by atoms with Gasteiger partial charge < -0.3 is 10.3 Å². The van der Waals surface area contributed by atoms with Crippen molar-refractivity contribution in [3.63, 3.8) is 0 Å². The van der Waals surface area contributed by atoms with Gasteiger partial charge in [-0.3, -0.25) is 4.98 Å². The quantitative estimate of drug-likeness (QED) is 0.801. The Morgan fingerprint density at radius 2 is 1.95 bits per heavy atom. The highest BCUT2D eigenvalue weighted by Gasteiger charge is 2.12. The van der Waals surface area contributed by atoms with Crippen LogP contribution in [-0.4, -0.2) is 14.5 Å². The maximum atomic E-state index is 6.13. The van der Waals surface area contributed by atoms with Gasteiger partial charge in [-0.25, -0.2) is 4.98 Å². The highest BCUT2D eigenvalue weighted by atomic mass is 15.1. The minimum Gasteiger partial charge on any atom is -0.398 e. The van der Waals surface area contributed by atoms with Gasteiger partial charge in [-0.15, -0.1) is 0 Å². The van der Waals surface area contributed by atoms with Crippen molar-refractivity contribution in [2.75, 3.05) is 5.73 Å². The molecular weight excluding hydrogens is 260 g/mol. The van der Waals surface area contributed by atoms with E-state index in [4.69, 9.17) is 10.7 Å². The molecule has 0 bridgehead atoms. The average molecular weight is 280 g/mol. The summed E-state index contributed by atoms with van der Waals surface area (Å²) in [5, 5.41) is 0. The summed E-state index contributed by atoms with van der Waals surface area (Å²) in [6.07, 6.45) is 2.75. The van der Waals surface area contributed by atoms with Gasteiger partial charge in [-0.2, -0.15) is 0 Å². The molecule has 3 aromatic rings. The summed E-state index contributed by atoms with van der Waals surface area (Å²) in [5.41, 5.74) is 12.3. The number of para-hydroxylation sites is 2. The highest BCUT2D eigenvalue weighted by molar-refractivity contribution is 5.76. The molecule has 4 heteroatoms. The van der Waals surface area contributed by atoms with Crippen LogP contribution in [0.4, 0.5) is 5.69 Å². The molecule has 0 spiro atoms. The van der Waals surface area contributed by atoms with Crippen LogP contribution in [0.2, 0.25) is 0 Å². The number of rotatable bonds is 3. The second-order valence-electron chi connectivity index (χ2n) is 5.38. The van der Waals surface area contributed by atoms with E-state index in [2.05, 4.69) is 28.6 Å². The summed E-state index contributed by atoms with van der Waals surface area (Å²) in [6, 6.07) is 8.22. The lowest BCUT2D eigenvalue weighted by Gasteiger charge is -2.12. The van der Waals surface area contributed by atoms with E-state index in [9.17, 15) is 0 Å². The van der Waals surface area contributed by atoms with Gasteiger partial charge in [0.2, 0.25) is 0 Å². The smallest absolute Gasteiger partial charge is 0.109 e. The van der Waals surface area contributed by atoms with Crippen molar-refractivity contribution in [2.24, 2.45) is 0 Å². The summed E-state index contributed by atoms with van der Waals surface area (Å²) in [7, 11) is 0. The van der Waals surface area contributed by atoms with Gasteiger partial charge in [-0.05, 0) is 37.1 Å². The molecule has 0 unspecified atom stereocenters. The first kappa shape index (κ1) is 13.6. The minimum atomic E-state index is 0.708. The molecule has 0 aliphatic heterocycles. The second-order valence-corrected chi connectivity index (χ2v) is 5.38. The largest absolute Gasteiger partial charge is 0.398 e. The predicted molar refractivity (Wildman–Crippen MR) is 86.3 cm³/mol. The zero-order valence-electron chi connectivity index (χ0n) is 12.7. The van der Waals surface area contributed by atoms with Crippen LogP contribution in [0.5, 0.6) is 0 Å². The molecule has 1 aromatic carbocycles.